The lowest BCUT2D eigenvalue weighted by molar-refractivity contribution is 0.138. The van der Waals surface area contributed by atoms with Gasteiger partial charge >= 0.3 is 0 Å². The second kappa shape index (κ2) is 6.60. The number of nitrogens with zero attached hydrogens (tertiary/aromatic N) is 1. The Morgan fingerprint density at radius 3 is 2.67 bits per heavy atom. The van der Waals surface area contributed by atoms with Crippen LogP contribution in [0.2, 0.25) is 0 Å². The highest BCUT2D eigenvalue weighted by Crippen LogP contribution is 2.21. The Labute approximate surface area is 115 Å². The van der Waals surface area contributed by atoms with Crippen molar-refractivity contribution in [3.8, 4) is 0 Å². The van der Waals surface area contributed by atoms with Crippen molar-refractivity contribution in [3.63, 3.8) is 0 Å². The quantitative estimate of drug-likeness (QED) is 0.747. The molecule has 0 aromatic heterocycles. The molecule has 1 rings (SSSR count). The van der Waals surface area contributed by atoms with Crippen LogP contribution < -0.4 is 0 Å². The van der Waals surface area contributed by atoms with Gasteiger partial charge in [0.25, 0.3) is 0 Å². The van der Waals surface area contributed by atoms with E-state index in [-0.39, 0.29) is 15.9 Å². The van der Waals surface area contributed by atoms with Crippen LogP contribution in [-0.2, 0) is 14.8 Å². The van der Waals surface area contributed by atoms with Gasteiger partial charge in [0, 0.05) is 20.2 Å². The van der Waals surface area contributed by atoms with Crippen molar-refractivity contribution in [2.45, 2.75) is 11.8 Å². The fourth-order valence-corrected chi connectivity index (χ4v) is 2.69. The summed E-state index contributed by atoms with van der Waals surface area (Å²) in [5.41, 5.74) is 0. The molecule has 0 fully saturated rings. The van der Waals surface area contributed by atoms with E-state index in [1.807, 2.05) is 6.92 Å². The van der Waals surface area contributed by atoms with Crippen molar-refractivity contribution in [3.05, 3.63) is 28.5 Å². The third-order valence-corrected chi connectivity index (χ3v) is 4.85. The Balaban J connectivity index is 2.88. The lowest BCUT2D eigenvalue weighted by atomic mass is 10.3. The lowest BCUT2D eigenvalue weighted by Crippen LogP contribution is -2.30. The lowest BCUT2D eigenvalue weighted by Gasteiger charge is -2.17. The zero-order valence-corrected chi connectivity index (χ0v) is 12.6. The van der Waals surface area contributed by atoms with Gasteiger partial charge in [-0.2, -0.15) is 4.31 Å². The monoisotopic (exact) mass is 339 g/mol. The molecule has 0 N–H and O–H groups in total. The summed E-state index contributed by atoms with van der Waals surface area (Å²) < 4.78 is 44.0. The van der Waals surface area contributed by atoms with Gasteiger partial charge in [0.2, 0.25) is 10.0 Å². The van der Waals surface area contributed by atoms with Crippen LogP contribution in [-0.4, -0.2) is 39.5 Å². The maximum atomic E-state index is 13.3. The molecule has 0 amide bonds. The van der Waals surface area contributed by atoms with Crippen molar-refractivity contribution in [1.82, 2.24) is 4.31 Å². The molecule has 7 heteroatoms. The number of benzene rings is 1. The van der Waals surface area contributed by atoms with E-state index in [4.69, 9.17) is 4.74 Å². The Morgan fingerprint density at radius 1 is 1.44 bits per heavy atom. The number of sulfonamides is 1. The molecule has 0 spiro atoms. The zero-order valence-electron chi connectivity index (χ0n) is 10.2. The molecule has 4 nitrogen and oxygen atoms in total. The average Bonchev–Trinajstić information content (AvgIpc) is 2.32. The normalized spacial score (nSPS) is 12.1. The molecule has 0 aliphatic rings. The van der Waals surface area contributed by atoms with Gasteiger partial charge in [-0.05, 0) is 41.1 Å². The molecule has 1 aromatic carbocycles. The molecule has 18 heavy (non-hydrogen) atoms. The molecular formula is C11H15BrFNO3S. The smallest absolute Gasteiger partial charge is 0.242 e. The van der Waals surface area contributed by atoms with E-state index >= 15 is 0 Å². The topological polar surface area (TPSA) is 46.6 Å². The van der Waals surface area contributed by atoms with E-state index in [1.54, 1.807) is 0 Å². The van der Waals surface area contributed by atoms with Crippen LogP contribution in [0.3, 0.4) is 0 Å². The molecular weight excluding hydrogens is 325 g/mol. The van der Waals surface area contributed by atoms with E-state index in [2.05, 4.69) is 15.9 Å². The number of hydrogen-bond acceptors (Lipinski definition) is 3. The minimum Gasteiger partial charge on any atom is -0.380 e. The van der Waals surface area contributed by atoms with Crippen LogP contribution in [0.25, 0.3) is 0 Å². The maximum absolute atomic E-state index is 13.3. The molecule has 0 bridgehead atoms. The average molecular weight is 340 g/mol. The minimum absolute atomic E-state index is 0.0674. The summed E-state index contributed by atoms with van der Waals surface area (Å²) in [7, 11) is -2.23. The van der Waals surface area contributed by atoms with Gasteiger partial charge in [0.05, 0.1) is 16.0 Å². The molecule has 0 aliphatic carbocycles. The molecule has 0 unspecified atom stereocenters. The van der Waals surface area contributed by atoms with E-state index in [0.29, 0.717) is 13.2 Å². The summed E-state index contributed by atoms with van der Waals surface area (Å²) >= 11 is 2.98. The van der Waals surface area contributed by atoms with Crippen LogP contribution in [0.5, 0.6) is 0 Å². The van der Waals surface area contributed by atoms with Gasteiger partial charge in [-0.25, -0.2) is 12.8 Å². The predicted octanol–water partition coefficient (Wildman–Crippen LogP) is 2.25. The van der Waals surface area contributed by atoms with E-state index in [9.17, 15) is 12.8 Å². The number of likely N-dealkylation sites (N-methyl/N-ethyl adjacent to an activating group) is 1. The van der Waals surface area contributed by atoms with E-state index < -0.39 is 15.8 Å². The summed E-state index contributed by atoms with van der Waals surface area (Å²) in [6.45, 7) is 2.90. The summed E-state index contributed by atoms with van der Waals surface area (Å²) in [5.74, 6) is -0.603. The van der Waals surface area contributed by atoms with Gasteiger partial charge < -0.3 is 4.74 Å². The molecule has 0 heterocycles. The van der Waals surface area contributed by atoms with Crippen molar-refractivity contribution >= 4 is 26.0 Å². The van der Waals surface area contributed by atoms with Crippen molar-refractivity contribution < 1.29 is 17.5 Å². The number of hydrogen-bond donors (Lipinski definition) is 0. The maximum Gasteiger partial charge on any atom is 0.242 e. The Bertz CT molecular complexity index is 507. The summed E-state index contributed by atoms with van der Waals surface area (Å²) in [6, 6.07) is 3.73. The van der Waals surface area contributed by atoms with Gasteiger partial charge in [0.15, 0.2) is 0 Å². The summed E-state index contributed by atoms with van der Waals surface area (Å²) in [5, 5.41) is 0. The molecule has 0 aliphatic heterocycles. The predicted molar refractivity (Wildman–Crippen MR) is 70.4 cm³/mol. The van der Waals surface area contributed by atoms with Crippen LogP contribution in [0, 0.1) is 5.82 Å². The minimum atomic E-state index is -3.67. The first-order chi connectivity index (χ1) is 8.39. The van der Waals surface area contributed by atoms with Gasteiger partial charge in [-0.1, -0.05) is 0 Å². The summed E-state index contributed by atoms with van der Waals surface area (Å²) in [6.07, 6.45) is 0. The highest BCUT2D eigenvalue weighted by molar-refractivity contribution is 9.10. The van der Waals surface area contributed by atoms with Gasteiger partial charge in [0.1, 0.15) is 5.82 Å². The second-order valence-corrected chi connectivity index (χ2v) is 6.50. The molecule has 0 radical (unpaired) electrons. The van der Waals surface area contributed by atoms with Crippen molar-refractivity contribution in [2.75, 3.05) is 26.8 Å². The van der Waals surface area contributed by atoms with E-state index in [0.717, 1.165) is 10.4 Å². The van der Waals surface area contributed by atoms with E-state index in [1.165, 1.54) is 19.2 Å². The molecule has 0 saturated heterocycles. The first-order valence-corrected chi connectivity index (χ1v) is 7.62. The third-order valence-electron chi connectivity index (χ3n) is 2.35. The number of ether oxygens (including phenoxy) is 1. The molecule has 1 aromatic rings. The Morgan fingerprint density at radius 2 is 2.11 bits per heavy atom. The molecule has 0 atom stereocenters. The number of rotatable bonds is 6. The van der Waals surface area contributed by atoms with Gasteiger partial charge in [-0.15, -0.1) is 0 Å². The highest BCUT2D eigenvalue weighted by Gasteiger charge is 2.21. The molecule has 0 saturated carbocycles. The largest absolute Gasteiger partial charge is 0.380 e. The highest BCUT2D eigenvalue weighted by atomic mass is 79.9. The van der Waals surface area contributed by atoms with Crippen LogP contribution in [0.1, 0.15) is 6.92 Å². The van der Waals surface area contributed by atoms with Crippen molar-refractivity contribution in [2.24, 2.45) is 0 Å². The third kappa shape index (κ3) is 3.74. The van der Waals surface area contributed by atoms with Crippen LogP contribution in [0.4, 0.5) is 4.39 Å². The Kier molecular flexibility index (Phi) is 5.71. The second-order valence-electron chi connectivity index (χ2n) is 3.60. The number of halogens is 2. The Hall–Kier alpha value is -0.500. The van der Waals surface area contributed by atoms with Crippen molar-refractivity contribution in [1.29, 1.82) is 0 Å². The fourth-order valence-electron chi connectivity index (χ4n) is 1.27. The van der Waals surface area contributed by atoms with Gasteiger partial charge in [-0.3, -0.25) is 0 Å². The first kappa shape index (κ1) is 15.6. The fraction of sp³-hybridized carbons (Fsp3) is 0.455. The standard InChI is InChI=1S/C11H15BrFNO3S/c1-3-17-7-6-14(2)18(15,16)9-4-5-10(12)11(13)8-9/h4-5,8H,3,6-7H2,1-2H3. The molecule has 102 valence electrons. The summed E-state index contributed by atoms with van der Waals surface area (Å²) in [4.78, 5) is -0.0674. The van der Waals surface area contributed by atoms with Crippen LogP contribution >= 0.6 is 15.9 Å². The first-order valence-electron chi connectivity index (χ1n) is 5.38. The van der Waals surface area contributed by atoms with Crippen LogP contribution in [0.15, 0.2) is 27.6 Å². The zero-order chi connectivity index (χ0) is 13.8. The SMILES string of the molecule is CCOCCN(C)S(=O)(=O)c1ccc(Br)c(F)c1.